The molecule has 0 aliphatic rings. The molecule has 0 aliphatic heterocycles. The van der Waals surface area contributed by atoms with Gasteiger partial charge in [-0.25, -0.2) is 0 Å². The third-order valence-electron chi connectivity index (χ3n) is 7.52. The van der Waals surface area contributed by atoms with Crippen LogP contribution in [0.1, 0.15) is 0 Å². The average molecular weight is 483 g/mol. The van der Waals surface area contributed by atoms with Crippen molar-refractivity contribution in [3.8, 4) is 44.5 Å². The van der Waals surface area contributed by atoms with Crippen LogP contribution in [0.5, 0.6) is 0 Å². The van der Waals surface area contributed by atoms with Gasteiger partial charge >= 0.3 is 0 Å². The van der Waals surface area contributed by atoms with E-state index in [-0.39, 0.29) is 0 Å². The minimum atomic E-state index is 1.23. The monoisotopic (exact) mass is 482 g/mol. The number of hydrogen-bond acceptors (Lipinski definition) is 0. The molecule has 0 saturated heterocycles. The Labute approximate surface area is 223 Å². The molecule has 7 aromatic carbocycles. The fourth-order valence-electron chi connectivity index (χ4n) is 5.58. The number of hydrogen-bond donors (Lipinski definition) is 0. The second-order valence-corrected chi connectivity index (χ2v) is 9.75. The maximum atomic E-state index is 2.27. The van der Waals surface area contributed by atoms with E-state index in [9.17, 15) is 0 Å². The highest BCUT2D eigenvalue weighted by molar-refractivity contribution is 6.05. The Balaban J connectivity index is 1.27. The molecule has 7 rings (SSSR count). The first-order valence-corrected chi connectivity index (χ1v) is 13.1. The first kappa shape index (κ1) is 22.3. The van der Waals surface area contributed by atoms with Crippen LogP contribution < -0.4 is 0 Å². The standard InChI is InChI=1S/C38H26/c1-2-9-27(10-3-1)28-17-19-31(20-18-28)35-25-26-36(38-15-7-6-14-37(35)38)32-23-21-30(22-24-32)34-16-8-12-29-11-4-5-13-33(29)34/h1-26H. The van der Waals surface area contributed by atoms with Crippen LogP contribution in [0, 0.1) is 0 Å². The molecule has 0 N–H and O–H groups in total. The van der Waals surface area contributed by atoms with Crippen LogP contribution in [0.4, 0.5) is 0 Å². The number of fused-ring (bicyclic) bond motifs is 2. The third kappa shape index (κ3) is 3.97. The molecule has 0 spiro atoms. The molecule has 0 atom stereocenters. The SMILES string of the molecule is c1ccc(-c2ccc(-c3ccc(-c4ccc(-c5cccc6ccccc56)cc4)c4ccccc34)cc2)cc1. The van der Waals surface area contributed by atoms with Gasteiger partial charge in [-0.2, -0.15) is 0 Å². The Morgan fingerprint density at radius 3 is 1.18 bits per heavy atom. The molecule has 0 fully saturated rings. The van der Waals surface area contributed by atoms with Crippen molar-refractivity contribution in [1.82, 2.24) is 0 Å². The van der Waals surface area contributed by atoms with Gasteiger partial charge in [0.1, 0.15) is 0 Å². The summed E-state index contributed by atoms with van der Waals surface area (Å²) in [4.78, 5) is 0. The van der Waals surface area contributed by atoms with Gasteiger partial charge in [0.25, 0.3) is 0 Å². The summed E-state index contributed by atoms with van der Waals surface area (Å²) in [5, 5.41) is 5.11. The van der Waals surface area contributed by atoms with Crippen molar-refractivity contribution in [3.05, 3.63) is 158 Å². The second kappa shape index (κ2) is 9.50. The lowest BCUT2D eigenvalue weighted by molar-refractivity contribution is 1.59. The zero-order valence-corrected chi connectivity index (χ0v) is 21.0. The van der Waals surface area contributed by atoms with Gasteiger partial charge in [0.15, 0.2) is 0 Å². The summed E-state index contributed by atoms with van der Waals surface area (Å²) < 4.78 is 0. The molecule has 0 aromatic heterocycles. The van der Waals surface area contributed by atoms with Crippen LogP contribution in [-0.4, -0.2) is 0 Å². The minimum absolute atomic E-state index is 1.23. The average Bonchev–Trinajstić information content (AvgIpc) is 3.01. The van der Waals surface area contributed by atoms with Gasteiger partial charge < -0.3 is 0 Å². The van der Waals surface area contributed by atoms with Crippen molar-refractivity contribution < 1.29 is 0 Å². The first-order chi connectivity index (χ1) is 18.8. The molecule has 7 aromatic rings. The summed E-state index contributed by atoms with van der Waals surface area (Å²) >= 11 is 0. The van der Waals surface area contributed by atoms with E-state index >= 15 is 0 Å². The molecule has 0 bridgehead atoms. The van der Waals surface area contributed by atoms with Crippen molar-refractivity contribution >= 4 is 21.5 Å². The van der Waals surface area contributed by atoms with E-state index in [0.29, 0.717) is 0 Å². The molecule has 0 heterocycles. The smallest absolute Gasteiger partial charge is 0.00992 e. The first-order valence-electron chi connectivity index (χ1n) is 13.1. The van der Waals surface area contributed by atoms with Crippen LogP contribution in [-0.2, 0) is 0 Å². The highest BCUT2D eigenvalue weighted by Crippen LogP contribution is 2.37. The molecule has 0 radical (unpaired) electrons. The molecule has 0 nitrogen and oxygen atoms in total. The Bertz CT molecular complexity index is 1870. The van der Waals surface area contributed by atoms with Crippen LogP contribution in [0.15, 0.2) is 158 Å². The molecular formula is C38H26. The Hall–Kier alpha value is -4.94. The summed E-state index contributed by atoms with van der Waals surface area (Å²) in [5.41, 5.74) is 9.98. The van der Waals surface area contributed by atoms with Crippen molar-refractivity contribution in [2.75, 3.05) is 0 Å². The fourth-order valence-corrected chi connectivity index (χ4v) is 5.58. The van der Waals surface area contributed by atoms with Gasteiger partial charge in [-0.15, -0.1) is 0 Å². The number of rotatable bonds is 4. The van der Waals surface area contributed by atoms with Gasteiger partial charge in [-0.3, -0.25) is 0 Å². The topological polar surface area (TPSA) is 0 Å². The predicted molar refractivity (Wildman–Crippen MR) is 163 cm³/mol. The van der Waals surface area contributed by atoms with Gasteiger partial charge in [0.05, 0.1) is 0 Å². The molecule has 0 saturated carbocycles. The Kier molecular flexibility index (Phi) is 5.57. The lowest BCUT2D eigenvalue weighted by Crippen LogP contribution is -1.87. The highest BCUT2D eigenvalue weighted by atomic mass is 14.1. The normalized spacial score (nSPS) is 11.2. The maximum Gasteiger partial charge on any atom is -0.00992 e. The van der Waals surface area contributed by atoms with Crippen molar-refractivity contribution in [2.45, 2.75) is 0 Å². The van der Waals surface area contributed by atoms with Crippen LogP contribution in [0.25, 0.3) is 66.1 Å². The van der Waals surface area contributed by atoms with Crippen molar-refractivity contribution in [3.63, 3.8) is 0 Å². The van der Waals surface area contributed by atoms with E-state index in [1.807, 2.05) is 0 Å². The lowest BCUT2D eigenvalue weighted by atomic mass is 9.90. The summed E-state index contributed by atoms with van der Waals surface area (Å²) in [5.74, 6) is 0. The molecule has 0 amide bonds. The van der Waals surface area contributed by atoms with E-state index in [0.717, 1.165) is 0 Å². The van der Waals surface area contributed by atoms with Gasteiger partial charge in [0, 0.05) is 0 Å². The van der Waals surface area contributed by atoms with E-state index < -0.39 is 0 Å². The molecular weight excluding hydrogens is 456 g/mol. The lowest BCUT2D eigenvalue weighted by Gasteiger charge is -2.13. The zero-order chi connectivity index (χ0) is 25.3. The quantitative estimate of drug-likeness (QED) is 0.234. The maximum absolute atomic E-state index is 2.27. The van der Waals surface area contributed by atoms with E-state index in [1.165, 1.54) is 66.1 Å². The van der Waals surface area contributed by atoms with Gasteiger partial charge in [0.2, 0.25) is 0 Å². The Morgan fingerprint density at radius 1 is 0.211 bits per heavy atom. The fraction of sp³-hybridized carbons (Fsp3) is 0. The summed E-state index contributed by atoms with van der Waals surface area (Å²) in [7, 11) is 0. The van der Waals surface area contributed by atoms with Gasteiger partial charge in [-0.1, -0.05) is 158 Å². The van der Waals surface area contributed by atoms with Crippen LogP contribution in [0.2, 0.25) is 0 Å². The van der Waals surface area contributed by atoms with Crippen molar-refractivity contribution in [2.24, 2.45) is 0 Å². The van der Waals surface area contributed by atoms with Crippen LogP contribution in [0.3, 0.4) is 0 Å². The van der Waals surface area contributed by atoms with Crippen molar-refractivity contribution in [1.29, 1.82) is 0 Å². The minimum Gasteiger partial charge on any atom is -0.0622 e. The molecule has 38 heavy (non-hydrogen) atoms. The second-order valence-electron chi connectivity index (χ2n) is 9.75. The van der Waals surface area contributed by atoms with Crippen LogP contribution >= 0.6 is 0 Å². The molecule has 178 valence electrons. The highest BCUT2D eigenvalue weighted by Gasteiger charge is 2.11. The summed E-state index contributed by atoms with van der Waals surface area (Å²) in [6.45, 7) is 0. The van der Waals surface area contributed by atoms with E-state index in [1.54, 1.807) is 0 Å². The van der Waals surface area contributed by atoms with E-state index in [2.05, 4.69) is 158 Å². The predicted octanol–water partition coefficient (Wildman–Crippen LogP) is 10.7. The van der Waals surface area contributed by atoms with E-state index in [4.69, 9.17) is 0 Å². The largest absolute Gasteiger partial charge is 0.0622 e. The Morgan fingerprint density at radius 2 is 0.605 bits per heavy atom. The molecule has 0 heteroatoms. The molecule has 0 aliphatic carbocycles. The summed E-state index contributed by atoms with van der Waals surface area (Å²) in [6, 6.07) is 56.9. The molecule has 0 unspecified atom stereocenters. The zero-order valence-electron chi connectivity index (χ0n) is 21.0. The number of benzene rings is 7. The van der Waals surface area contributed by atoms with Gasteiger partial charge in [-0.05, 0) is 66.1 Å². The summed E-state index contributed by atoms with van der Waals surface area (Å²) in [6.07, 6.45) is 0. The third-order valence-corrected chi connectivity index (χ3v) is 7.52.